The van der Waals surface area contributed by atoms with Crippen molar-refractivity contribution in [2.24, 2.45) is 0 Å². The van der Waals surface area contributed by atoms with Crippen LogP contribution < -0.4 is 10.6 Å². The Morgan fingerprint density at radius 2 is 1.74 bits per heavy atom. The van der Waals surface area contributed by atoms with E-state index < -0.39 is 0 Å². The molecular formula is C16H14N2O. The molecule has 0 bridgehead atoms. The van der Waals surface area contributed by atoms with E-state index in [1.165, 1.54) is 0 Å². The molecule has 2 aromatic carbocycles. The number of rotatable bonds is 2. The molecule has 0 unspecified atom stereocenters. The first kappa shape index (κ1) is 12.7. The zero-order valence-electron chi connectivity index (χ0n) is 10.6. The van der Waals surface area contributed by atoms with E-state index in [0.29, 0.717) is 5.69 Å². The third-order valence-electron chi connectivity index (χ3n) is 2.59. The Balaban J connectivity index is 1.99. The smallest absolute Gasteiger partial charge is 0.308 e. The highest BCUT2D eigenvalue weighted by Gasteiger charge is 2.02. The van der Waals surface area contributed by atoms with E-state index in [9.17, 15) is 4.79 Å². The van der Waals surface area contributed by atoms with Crippen molar-refractivity contribution in [3.63, 3.8) is 0 Å². The van der Waals surface area contributed by atoms with Gasteiger partial charge in [-0.2, -0.15) is 0 Å². The van der Waals surface area contributed by atoms with Crippen molar-refractivity contribution in [1.29, 1.82) is 0 Å². The summed E-state index contributed by atoms with van der Waals surface area (Å²) in [6, 6.07) is 14.4. The normalized spacial score (nSPS) is 9.47. The molecule has 0 aromatic heterocycles. The predicted octanol–water partition coefficient (Wildman–Crippen LogP) is 3.62. The first-order valence-corrected chi connectivity index (χ1v) is 5.89. The fraction of sp³-hybridized carbons (Fsp3) is 0.0625. The maximum Gasteiger partial charge on any atom is 0.323 e. The van der Waals surface area contributed by atoms with Gasteiger partial charge in [0, 0.05) is 16.9 Å². The average molecular weight is 250 g/mol. The number of nitrogens with one attached hydrogen (secondary N) is 2. The number of benzene rings is 2. The molecule has 2 aromatic rings. The van der Waals surface area contributed by atoms with E-state index in [-0.39, 0.29) is 6.03 Å². The third-order valence-corrected chi connectivity index (χ3v) is 2.59. The molecule has 94 valence electrons. The molecule has 2 N–H and O–H groups in total. The van der Waals surface area contributed by atoms with Gasteiger partial charge in [-0.15, -0.1) is 6.42 Å². The van der Waals surface area contributed by atoms with Crippen LogP contribution >= 0.6 is 0 Å². The fourth-order valence-corrected chi connectivity index (χ4v) is 1.67. The van der Waals surface area contributed by atoms with Gasteiger partial charge in [-0.05, 0) is 48.9 Å². The van der Waals surface area contributed by atoms with Crippen LogP contribution in [0, 0.1) is 19.3 Å². The Kier molecular flexibility index (Phi) is 3.84. The van der Waals surface area contributed by atoms with Gasteiger partial charge in [0.15, 0.2) is 0 Å². The fourth-order valence-electron chi connectivity index (χ4n) is 1.67. The van der Waals surface area contributed by atoms with Crippen LogP contribution in [-0.4, -0.2) is 6.03 Å². The number of anilines is 2. The lowest BCUT2D eigenvalue weighted by Crippen LogP contribution is -2.19. The lowest BCUT2D eigenvalue weighted by Gasteiger charge is -2.08. The summed E-state index contributed by atoms with van der Waals surface area (Å²) in [5.74, 6) is 2.53. The number of terminal acetylenes is 1. The Labute approximate surface area is 112 Å². The minimum Gasteiger partial charge on any atom is -0.308 e. The minimum atomic E-state index is -0.279. The van der Waals surface area contributed by atoms with Crippen LogP contribution in [-0.2, 0) is 0 Å². The van der Waals surface area contributed by atoms with Gasteiger partial charge < -0.3 is 10.6 Å². The van der Waals surface area contributed by atoms with E-state index in [0.717, 1.165) is 16.8 Å². The summed E-state index contributed by atoms with van der Waals surface area (Å²) in [6.45, 7) is 1.97. The second-order valence-corrected chi connectivity index (χ2v) is 4.17. The van der Waals surface area contributed by atoms with E-state index in [1.54, 1.807) is 24.3 Å². The lowest BCUT2D eigenvalue weighted by molar-refractivity contribution is 0.262. The number of carbonyl (C=O) groups excluding carboxylic acids is 1. The van der Waals surface area contributed by atoms with Crippen molar-refractivity contribution < 1.29 is 4.79 Å². The van der Waals surface area contributed by atoms with Gasteiger partial charge in [-0.25, -0.2) is 4.79 Å². The summed E-state index contributed by atoms with van der Waals surface area (Å²) >= 11 is 0. The number of aryl methyl sites for hydroxylation is 1. The Morgan fingerprint density at radius 1 is 1.05 bits per heavy atom. The predicted molar refractivity (Wildman–Crippen MR) is 78.2 cm³/mol. The largest absolute Gasteiger partial charge is 0.323 e. The first-order valence-electron chi connectivity index (χ1n) is 5.89. The molecular weight excluding hydrogens is 236 g/mol. The van der Waals surface area contributed by atoms with Gasteiger partial charge in [0.25, 0.3) is 0 Å². The van der Waals surface area contributed by atoms with Crippen molar-refractivity contribution >= 4 is 17.4 Å². The molecule has 2 amide bonds. The molecule has 0 fully saturated rings. The highest BCUT2D eigenvalue weighted by atomic mass is 16.2. The summed E-state index contributed by atoms with van der Waals surface area (Å²) in [7, 11) is 0. The molecule has 0 aliphatic carbocycles. The lowest BCUT2D eigenvalue weighted by atomic mass is 10.2. The second-order valence-electron chi connectivity index (χ2n) is 4.17. The average Bonchev–Trinajstić information content (AvgIpc) is 2.39. The molecule has 3 heteroatoms. The van der Waals surface area contributed by atoms with Crippen molar-refractivity contribution in [2.75, 3.05) is 10.6 Å². The van der Waals surface area contributed by atoms with Crippen LogP contribution in [0.15, 0.2) is 48.5 Å². The summed E-state index contributed by atoms with van der Waals surface area (Å²) in [5, 5.41) is 5.51. The third kappa shape index (κ3) is 3.62. The summed E-state index contributed by atoms with van der Waals surface area (Å²) in [6.07, 6.45) is 5.27. The Bertz CT molecular complexity index is 624. The van der Waals surface area contributed by atoms with Crippen LogP contribution in [0.25, 0.3) is 0 Å². The summed E-state index contributed by atoms with van der Waals surface area (Å²) < 4.78 is 0. The summed E-state index contributed by atoms with van der Waals surface area (Å²) in [5.41, 5.74) is 3.34. The quantitative estimate of drug-likeness (QED) is 0.785. The molecule has 3 nitrogen and oxygen atoms in total. The van der Waals surface area contributed by atoms with Crippen molar-refractivity contribution in [3.05, 3.63) is 59.7 Å². The number of carbonyl (C=O) groups is 1. The molecule has 0 saturated carbocycles. The van der Waals surface area contributed by atoms with E-state index in [1.807, 2.05) is 31.2 Å². The molecule has 0 aliphatic heterocycles. The molecule has 19 heavy (non-hydrogen) atoms. The Hall–Kier alpha value is -2.73. The molecule has 0 radical (unpaired) electrons. The molecule has 0 aliphatic rings. The van der Waals surface area contributed by atoms with E-state index >= 15 is 0 Å². The molecule has 0 atom stereocenters. The topological polar surface area (TPSA) is 41.1 Å². The second kappa shape index (κ2) is 5.74. The van der Waals surface area contributed by atoms with Gasteiger partial charge >= 0.3 is 6.03 Å². The minimum absolute atomic E-state index is 0.279. The number of hydrogen-bond donors (Lipinski definition) is 2. The van der Waals surface area contributed by atoms with Crippen LogP contribution in [0.4, 0.5) is 16.2 Å². The maximum absolute atomic E-state index is 11.8. The molecule has 0 heterocycles. The molecule has 0 spiro atoms. The van der Waals surface area contributed by atoms with Gasteiger partial charge in [-0.3, -0.25) is 0 Å². The maximum atomic E-state index is 11.8. The highest BCUT2D eigenvalue weighted by molar-refractivity contribution is 5.99. The van der Waals surface area contributed by atoms with E-state index in [4.69, 9.17) is 6.42 Å². The van der Waals surface area contributed by atoms with Crippen molar-refractivity contribution in [3.8, 4) is 12.3 Å². The molecule has 2 rings (SSSR count). The van der Waals surface area contributed by atoms with Crippen molar-refractivity contribution in [2.45, 2.75) is 6.92 Å². The van der Waals surface area contributed by atoms with Gasteiger partial charge in [0.2, 0.25) is 0 Å². The standard InChI is InChI=1S/C16H14N2O/c1-3-13-7-9-14(10-8-13)17-16(19)18-15-6-4-5-12(2)11-15/h1,4-11H,2H3,(H2,17,18,19). The van der Waals surface area contributed by atoms with Gasteiger partial charge in [-0.1, -0.05) is 18.1 Å². The first-order chi connectivity index (χ1) is 9.17. The van der Waals surface area contributed by atoms with Crippen molar-refractivity contribution in [1.82, 2.24) is 0 Å². The zero-order valence-corrected chi connectivity index (χ0v) is 10.6. The number of urea groups is 1. The van der Waals surface area contributed by atoms with Gasteiger partial charge in [0.1, 0.15) is 0 Å². The Morgan fingerprint density at radius 3 is 2.37 bits per heavy atom. The van der Waals surface area contributed by atoms with Crippen LogP contribution in [0.2, 0.25) is 0 Å². The van der Waals surface area contributed by atoms with Crippen LogP contribution in [0.5, 0.6) is 0 Å². The van der Waals surface area contributed by atoms with Crippen LogP contribution in [0.1, 0.15) is 11.1 Å². The monoisotopic (exact) mass is 250 g/mol. The number of amides is 2. The van der Waals surface area contributed by atoms with Crippen LogP contribution in [0.3, 0.4) is 0 Å². The highest BCUT2D eigenvalue weighted by Crippen LogP contribution is 2.12. The zero-order chi connectivity index (χ0) is 13.7. The summed E-state index contributed by atoms with van der Waals surface area (Å²) in [4.78, 5) is 11.8. The SMILES string of the molecule is C#Cc1ccc(NC(=O)Nc2cccc(C)c2)cc1. The van der Waals surface area contributed by atoms with E-state index in [2.05, 4.69) is 16.6 Å². The van der Waals surface area contributed by atoms with Gasteiger partial charge in [0.05, 0.1) is 0 Å². The number of hydrogen-bond acceptors (Lipinski definition) is 1. The molecule has 0 saturated heterocycles.